The van der Waals surface area contributed by atoms with Crippen molar-refractivity contribution in [3.05, 3.63) is 34.9 Å². The van der Waals surface area contributed by atoms with Crippen LogP contribution in [0.1, 0.15) is 43.4 Å². The van der Waals surface area contributed by atoms with Crippen molar-refractivity contribution < 1.29 is 18.9 Å². The molecule has 0 saturated heterocycles. The molecular formula is C12H19O4P. The third kappa shape index (κ3) is 4.60. The van der Waals surface area contributed by atoms with Gasteiger partial charge < -0.3 is 9.79 Å². The van der Waals surface area contributed by atoms with Gasteiger partial charge >= 0.3 is 7.82 Å². The summed E-state index contributed by atoms with van der Waals surface area (Å²) in [7, 11) is -4.39. The fourth-order valence-corrected chi connectivity index (χ4v) is 2.07. The molecule has 0 aliphatic rings. The van der Waals surface area contributed by atoms with Crippen LogP contribution in [0.2, 0.25) is 0 Å². The molecule has 1 aromatic carbocycles. The molecule has 0 amide bonds. The van der Waals surface area contributed by atoms with Gasteiger partial charge in [0.15, 0.2) is 0 Å². The summed E-state index contributed by atoms with van der Waals surface area (Å²) in [5, 5.41) is 0. The second-order valence-electron chi connectivity index (χ2n) is 4.31. The van der Waals surface area contributed by atoms with Crippen LogP contribution in [0.15, 0.2) is 18.2 Å². The topological polar surface area (TPSA) is 66.8 Å². The number of phosphoric ester groups is 1. The standard InChI is InChI=1S/C12H19O4P/c1-4-11-6-5-10(7-12(11)9(2)3)8-16-17(13,14)15/h5-7,9H,4,8H2,1-3H3,(H2,13,14,15). The van der Waals surface area contributed by atoms with Crippen LogP contribution >= 0.6 is 7.82 Å². The normalized spacial score (nSPS) is 12.1. The predicted octanol–water partition coefficient (Wildman–Crippen LogP) is 2.98. The van der Waals surface area contributed by atoms with Crippen LogP contribution < -0.4 is 0 Å². The average Bonchev–Trinajstić information content (AvgIpc) is 2.25. The first-order chi connectivity index (χ1) is 7.83. The van der Waals surface area contributed by atoms with Gasteiger partial charge in [-0.1, -0.05) is 39.0 Å². The molecule has 5 heteroatoms. The third-order valence-corrected chi connectivity index (χ3v) is 3.08. The maximum absolute atomic E-state index is 10.6. The molecule has 1 aromatic rings. The molecule has 17 heavy (non-hydrogen) atoms. The molecule has 4 nitrogen and oxygen atoms in total. The highest BCUT2D eigenvalue weighted by atomic mass is 31.2. The van der Waals surface area contributed by atoms with Gasteiger partial charge in [-0.15, -0.1) is 0 Å². The Labute approximate surface area is 102 Å². The van der Waals surface area contributed by atoms with Crippen LogP contribution in [0.3, 0.4) is 0 Å². The van der Waals surface area contributed by atoms with Gasteiger partial charge in [0.25, 0.3) is 0 Å². The van der Waals surface area contributed by atoms with E-state index in [9.17, 15) is 4.57 Å². The highest BCUT2D eigenvalue weighted by Crippen LogP contribution is 2.37. The van der Waals surface area contributed by atoms with Gasteiger partial charge in [0.05, 0.1) is 6.61 Å². The average molecular weight is 258 g/mol. The van der Waals surface area contributed by atoms with Crippen LogP contribution in [0.5, 0.6) is 0 Å². The van der Waals surface area contributed by atoms with E-state index in [2.05, 4.69) is 25.3 Å². The Morgan fingerprint density at radius 2 is 2.00 bits per heavy atom. The molecule has 0 radical (unpaired) electrons. The summed E-state index contributed by atoms with van der Waals surface area (Å²) < 4.78 is 15.1. The Kier molecular flexibility index (Phi) is 4.90. The van der Waals surface area contributed by atoms with Crippen molar-refractivity contribution in [2.24, 2.45) is 0 Å². The Bertz CT molecular complexity index is 423. The van der Waals surface area contributed by atoms with Crippen LogP contribution in [0.25, 0.3) is 0 Å². The third-order valence-electron chi connectivity index (χ3n) is 2.61. The highest BCUT2D eigenvalue weighted by Gasteiger charge is 2.14. The first-order valence-electron chi connectivity index (χ1n) is 5.65. The molecule has 0 saturated carbocycles. The molecule has 1 rings (SSSR count). The molecule has 0 aromatic heterocycles. The van der Waals surface area contributed by atoms with Gasteiger partial charge in [0.2, 0.25) is 0 Å². The summed E-state index contributed by atoms with van der Waals surface area (Å²) in [6.07, 6.45) is 0.952. The summed E-state index contributed by atoms with van der Waals surface area (Å²) in [6, 6.07) is 5.80. The lowest BCUT2D eigenvalue weighted by atomic mass is 9.94. The van der Waals surface area contributed by atoms with Crippen LogP contribution in [0, 0.1) is 0 Å². The SMILES string of the molecule is CCc1ccc(COP(=O)(O)O)cc1C(C)C. The quantitative estimate of drug-likeness (QED) is 0.797. The zero-order valence-electron chi connectivity index (χ0n) is 10.4. The Morgan fingerprint density at radius 1 is 1.35 bits per heavy atom. The number of hydrogen-bond acceptors (Lipinski definition) is 2. The molecule has 0 fully saturated rings. The molecule has 0 atom stereocenters. The smallest absolute Gasteiger partial charge is 0.303 e. The molecule has 0 heterocycles. The highest BCUT2D eigenvalue weighted by molar-refractivity contribution is 7.46. The fourth-order valence-electron chi connectivity index (χ4n) is 1.75. The molecule has 0 bridgehead atoms. The second kappa shape index (κ2) is 5.78. The Hall–Kier alpha value is -0.670. The molecule has 96 valence electrons. The van der Waals surface area contributed by atoms with E-state index in [0.29, 0.717) is 5.92 Å². The summed E-state index contributed by atoms with van der Waals surface area (Å²) in [5.74, 6) is 0.389. The van der Waals surface area contributed by atoms with E-state index in [1.165, 1.54) is 11.1 Å². The molecule has 2 N–H and O–H groups in total. The molecule has 0 spiro atoms. The van der Waals surface area contributed by atoms with E-state index < -0.39 is 7.82 Å². The van der Waals surface area contributed by atoms with Crippen LogP contribution in [0.4, 0.5) is 0 Å². The zero-order chi connectivity index (χ0) is 13.1. The molecule has 0 unspecified atom stereocenters. The minimum atomic E-state index is -4.39. The Morgan fingerprint density at radius 3 is 2.47 bits per heavy atom. The minimum Gasteiger partial charge on any atom is -0.303 e. The minimum absolute atomic E-state index is 0.0615. The number of hydrogen-bond donors (Lipinski definition) is 2. The second-order valence-corrected chi connectivity index (χ2v) is 5.54. The van der Waals surface area contributed by atoms with Gasteiger partial charge in [-0.05, 0) is 29.0 Å². The summed E-state index contributed by atoms with van der Waals surface area (Å²) in [5.41, 5.74) is 3.26. The van der Waals surface area contributed by atoms with Crippen LogP contribution in [-0.4, -0.2) is 9.79 Å². The van der Waals surface area contributed by atoms with Crippen molar-refractivity contribution in [2.45, 2.75) is 39.7 Å². The summed E-state index contributed by atoms with van der Waals surface area (Å²) >= 11 is 0. The maximum atomic E-state index is 10.6. The summed E-state index contributed by atoms with van der Waals surface area (Å²) in [4.78, 5) is 17.3. The van der Waals surface area contributed by atoms with Gasteiger partial charge in [0.1, 0.15) is 0 Å². The lowest BCUT2D eigenvalue weighted by Crippen LogP contribution is -1.98. The largest absolute Gasteiger partial charge is 0.469 e. The van der Waals surface area contributed by atoms with E-state index >= 15 is 0 Å². The Balaban J connectivity index is 2.89. The van der Waals surface area contributed by atoms with Gasteiger partial charge in [-0.25, -0.2) is 4.57 Å². The van der Waals surface area contributed by atoms with Crippen LogP contribution in [-0.2, 0) is 22.1 Å². The van der Waals surface area contributed by atoms with Gasteiger partial charge in [-0.3, -0.25) is 4.52 Å². The lowest BCUT2D eigenvalue weighted by Gasteiger charge is -2.14. The van der Waals surface area contributed by atoms with Crippen molar-refractivity contribution in [3.8, 4) is 0 Å². The molecular weight excluding hydrogens is 239 g/mol. The van der Waals surface area contributed by atoms with Crippen molar-refractivity contribution >= 4 is 7.82 Å². The van der Waals surface area contributed by atoms with Crippen molar-refractivity contribution in [3.63, 3.8) is 0 Å². The van der Waals surface area contributed by atoms with Crippen molar-refractivity contribution in [2.75, 3.05) is 0 Å². The van der Waals surface area contributed by atoms with Gasteiger partial charge in [0, 0.05) is 0 Å². The van der Waals surface area contributed by atoms with E-state index in [1.54, 1.807) is 0 Å². The first-order valence-corrected chi connectivity index (χ1v) is 7.18. The number of benzene rings is 1. The van der Waals surface area contributed by atoms with E-state index in [4.69, 9.17) is 9.79 Å². The molecule has 0 aliphatic carbocycles. The van der Waals surface area contributed by atoms with E-state index in [0.717, 1.165) is 12.0 Å². The fraction of sp³-hybridized carbons (Fsp3) is 0.500. The number of phosphoric acid groups is 1. The molecule has 0 aliphatic heterocycles. The zero-order valence-corrected chi connectivity index (χ0v) is 11.3. The first kappa shape index (κ1) is 14.4. The van der Waals surface area contributed by atoms with Gasteiger partial charge in [-0.2, -0.15) is 0 Å². The summed E-state index contributed by atoms with van der Waals surface area (Å²) in [6.45, 7) is 6.23. The maximum Gasteiger partial charge on any atom is 0.469 e. The lowest BCUT2D eigenvalue weighted by molar-refractivity contribution is 0.189. The van der Waals surface area contributed by atoms with E-state index in [1.807, 2.05) is 18.2 Å². The monoisotopic (exact) mass is 258 g/mol. The van der Waals surface area contributed by atoms with E-state index in [-0.39, 0.29) is 6.61 Å². The number of rotatable bonds is 5. The number of aryl methyl sites for hydroxylation is 1. The van der Waals surface area contributed by atoms with Crippen molar-refractivity contribution in [1.29, 1.82) is 0 Å². The predicted molar refractivity (Wildman–Crippen MR) is 66.7 cm³/mol. The van der Waals surface area contributed by atoms with Crippen molar-refractivity contribution in [1.82, 2.24) is 0 Å².